The fourth-order valence-corrected chi connectivity index (χ4v) is 6.98. The van der Waals surface area contributed by atoms with Crippen LogP contribution in [-0.4, -0.2) is 46.7 Å². The summed E-state index contributed by atoms with van der Waals surface area (Å²) in [5.74, 6) is 1.41. The molecule has 6 atom stereocenters. The number of amides is 3. The van der Waals surface area contributed by atoms with Crippen molar-refractivity contribution in [2.75, 3.05) is 13.1 Å². The molecule has 158 valence electrons. The zero-order chi connectivity index (χ0) is 20.0. The van der Waals surface area contributed by atoms with E-state index in [0.717, 1.165) is 38.6 Å². The van der Waals surface area contributed by atoms with E-state index in [1.165, 1.54) is 37.0 Å². The van der Waals surface area contributed by atoms with Gasteiger partial charge in [-0.25, -0.2) is 0 Å². The Labute approximate surface area is 173 Å². The van der Waals surface area contributed by atoms with Gasteiger partial charge < -0.3 is 4.90 Å². The molecule has 2 aliphatic heterocycles. The Morgan fingerprint density at radius 2 is 1.52 bits per heavy atom. The molecule has 29 heavy (non-hydrogen) atoms. The van der Waals surface area contributed by atoms with Gasteiger partial charge in [-0.3, -0.25) is 19.3 Å². The lowest BCUT2D eigenvalue weighted by Gasteiger charge is -2.44. The number of carbonyl (C=O) groups is 3. The van der Waals surface area contributed by atoms with Crippen LogP contribution in [-0.2, 0) is 14.4 Å². The van der Waals surface area contributed by atoms with E-state index >= 15 is 0 Å². The Morgan fingerprint density at radius 3 is 2.21 bits per heavy atom. The highest BCUT2D eigenvalue weighted by atomic mass is 16.2. The summed E-state index contributed by atoms with van der Waals surface area (Å²) in [6.45, 7) is 1.41. The molecule has 2 heterocycles. The van der Waals surface area contributed by atoms with Crippen LogP contribution >= 0.6 is 0 Å². The predicted molar refractivity (Wildman–Crippen MR) is 110 cm³/mol. The van der Waals surface area contributed by atoms with Gasteiger partial charge in [0.05, 0.1) is 11.8 Å². The number of rotatable bonds is 5. The first kappa shape index (κ1) is 19.3. The third-order valence-corrected chi connectivity index (χ3v) is 8.44. The van der Waals surface area contributed by atoms with Crippen LogP contribution in [0.2, 0.25) is 0 Å². The molecule has 0 aromatic heterocycles. The predicted octanol–water partition coefficient (Wildman–Crippen LogP) is 3.54. The molecule has 0 spiro atoms. The maximum Gasteiger partial charge on any atom is 0.233 e. The number of hydrogen-bond acceptors (Lipinski definition) is 3. The van der Waals surface area contributed by atoms with Crippen molar-refractivity contribution >= 4 is 17.7 Å². The second-order valence-corrected chi connectivity index (χ2v) is 9.97. The molecule has 6 rings (SSSR count). The molecule has 2 saturated heterocycles. The van der Waals surface area contributed by atoms with Crippen LogP contribution in [0, 0.1) is 29.6 Å². The second kappa shape index (κ2) is 7.88. The maximum atomic E-state index is 12.9. The lowest BCUT2D eigenvalue weighted by molar-refractivity contribution is -0.140. The topological polar surface area (TPSA) is 57.7 Å². The van der Waals surface area contributed by atoms with Crippen molar-refractivity contribution in [3.05, 3.63) is 12.2 Å². The number of likely N-dealkylation sites (tertiary alicyclic amines) is 2. The van der Waals surface area contributed by atoms with Crippen LogP contribution in [0.4, 0.5) is 0 Å². The molecule has 5 heteroatoms. The van der Waals surface area contributed by atoms with Crippen LogP contribution < -0.4 is 0 Å². The Balaban J connectivity index is 1.12. The molecule has 0 N–H and O–H groups in total. The largest absolute Gasteiger partial charge is 0.339 e. The average Bonchev–Trinajstić information content (AvgIpc) is 3.04. The van der Waals surface area contributed by atoms with Gasteiger partial charge in [-0.2, -0.15) is 0 Å². The van der Waals surface area contributed by atoms with Crippen molar-refractivity contribution in [3.8, 4) is 0 Å². The highest BCUT2D eigenvalue weighted by Crippen LogP contribution is 2.49. The molecule has 4 aliphatic carbocycles. The molecule has 6 aliphatic rings. The Kier molecular flexibility index (Phi) is 5.25. The Hall–Kier alpha value is -1.65. The van der Waals surface area contributed by atoms with Gasteiger partial charge in [0.25, 0.3) is 0 Å². The summed E-state index contributed by atoms with van der Waals surface area (Å²) < 4.78 is 0. The highest BCUT2D eigenvalue weighted by molar-refractivity contribution is 6.06. The van der Waals surface area contributed by atoms with Gasteiger partial charge in [-0.1, -0.05) is 25.0 Å². The number of allylic oxidation sites excluding steroid dienone is 2. The molecule has 5 nitrogen and oxygen atoms in total. The Bertz CT molecular complexity index is 683. The third-order valence-electron chi connectivity index (χ3n) is 8.44. The van der Waals surface area contributed by atoms with E-state index in [1.54, 1.807) is 0 Å². The smallest absolute Gasteiger partial charge is 0.233 e. The summed E-state index contributed by atoms with van der Waals surface area (Å²) in [6, 6.07) is 0.470. The first-order valence-electron chi connectivity index (χ1n) is 12.0. The van der Waals surface area contributed by atoms with Crippen LogP contribution in [0.15, 0.2) is 12.2 Å². The lowest BCUT2D eigenvalue weighted by atomic mass is 9.63. The molecule has 0 aromatic carbocycles. The van der Waals surface area contributed by atoms with Crippen LogP contribution in [0.5, 0.6) is 0 Å². The van der Waals surface area contributed by atoms with E-state index in [-0.39, 0.29) is 41.4 Å². The summed E-state index contributed by atoms with van der Waals surface area (Å²) in [7, 11) is 0. The molecular weight excluding hydrogens is 364 g/mol. The van der Waals surface area contributed by atoms with E-state index < -0.39 is 0 Å². The molecule has 2 saturated carbocycles. The third kappa shape index (κ3) is 3.34. The van der Waals surface area contributed by atoms with Gasteiger partial charge in [0.1, 0.15) is 0 Å². The molecule has 0 aromatic rings. The molecule has 4 fully saturated rings. The number of nitrogens with zero attached hydrogens (tertiary/aromatic N) is 2. The van der Waals surface area contributed by atoms with E-state index in [0.29, 0.717) is 24.9 Å². The van der Waals surface area contributed by atoms with Gasteiger partial charge in [0, 0.05) is 25.6 Å². The molecule has 3 amide bonds. The van der Waals surface area contributed by atoms with Gasteiger partial charge in [0.2, 0.25) is 17.7 Å². The number of fused-ring (bicyclic) bond motifs is 2. The van der Waals surface area contributed by atoms with Crippen LogP contribution in [0.25, 0.3) is 0 Å². The fourth-order valence-electron chi connectivity index (χ4n) is 6.98. The zero-order valence-electron chi connectivity index (χ0n) is 17.4. The van der Waals surface area contributed by atoms with Crippen molar-refractivity contribution in [1.82, 2.24) is 9.80 Å². The molecule has 4 unspecified atom stereocenters. The second-order valence-electron chi connectivity index (χ2n) is 9.97. The van der Waals surface area contributed by atoms with E-state index in [9.17, 15) is 14.4 Å². The zero-order valence-corrected chi connectivity index (χ0v) is 17.4. The van der Waals surface area contributed by atoms with Gasteiger partial charge in [-0.05, 0) is 69.1 Å². The summed E-state index contributed by atoms with van der Waals surface area (Å²) in [5, 5.41) is 0. The number of piperidine rings is 1. The van der Waals surface area contributed by atoms with Crippen molar-refractivity contribution in [2.45, 2.75) is 76.7 Å². The monoisotopic (exact) mass is 398 g/mol. The number of carbonyl (C=O) groups excluding carboxylic acids is 3. The quantitative estimate of drug-likeness (QED) is 0.404. The highest BCUT2D eigenvalue weighted by Gasteiger charge is 2.56. The summed E-state index contributed by atoms with van der Waals surface area (Å²) in [4.78, 5) is 42.3. The van der Waals surface area contributed by atoms with Crippen molar-refractivity contribution in [3.63, 3.8) is 0 Å². The lowest BCUT2D eigenvalue weighted by Crippen LogP contribution is -2.49. The first-order chi connectivity index (χ1) is 14.1. The van der Waals surface area contributed by atoms with Crippen molar-refractivity contribution < 1.29 is 14.4 Å². The number of unbranched alkanes of at least 4 members (excludes halogenated alkanes) is 1. The van der Waals surface area contributed by atoms with Crippen LogP contribution in [0.1, 0.15) is 70.6 Å². The number of hydrogen-bond donors (Lipinski definition) is 0. The fraction of sp³-hybridized carbons (Fsp3) is 0.792. The van der Waals surface area contributed by atoms with E-state index in [2.05, 4.69) is 17.1 Å². The molecular formula is C24H34N2O3. The Morgan fingerprint density at radius 1 is 0.862 bits per heavy atom. The molecule has 0 radical (unpaired) electrons. The standard InChI is InChI=1S/C24H34N2O3/c27-20(25-15-5-7-16-6-1-2-8-19(16)25)9-3-4-14-26-23(28)21-17-10-11-18(13-12-17)22(21)24(26)29/h10-11,16-19,21-22H,1-9,12-15H2/t16?,17?,18?,19?,21-,22+. The van der Waals surface area contributed by atoms with Gasteiger partial charge >= 0.3 is 0 Å². The average molecular weight is 399 g/mol. The minimum atomic E-state index is -0.107. The minimum absolute atomic E-state index is 0.0476. The van der Waals surface area contributed by atoms with E-state index in [1.807, 2.05) is 0 Å². The SMILES string of the molecule is O=C1[C@@H]2C3C=CC(CC3)[C@@H]2C(=O)N1CCCCC(=O)N1CCCC2CCCCC21. The van der Waals surface area contributed by atoms with Crippen molar-refractivity contribution in [1.29, 1.82) is 0 Å². The minimum Gasteiger partial charge on any atom is -0.339 e. The van der Waals surface area contributed by atoms with Gasteiger partial charge in [-0.15, -0.1) is 0 Å². The van der Waals surface area contributed by atoms with E-state index in [4.69, 9.17) is 0 Å². The number of imide groups is 1. The normalized spacial score (nSPS) is 38.3. The van der Waals surface area contributed by atoms with Crippen molar-refractivity contribution in [2.24, 2.45) is 29.6 Å². The first-order valence-corrected chi connectivity index (χ1v) is 12.0. The summed E-state index contributed by atoms with van der Waals surface area (Å²) in [6.07, 6.45) is 15.9. The molecule has 2 bridgehead atoms. The van der Waals surface area contributed by atoms with Gasteiger partial charge in [0.15, 0.2) is 0 Å². The maximum absolute atomic E-state index is 12.9. The summed E-state index contributed by atoms with van der Waals surface area (Å²) >= 11 is 0. The summed E-state index contributed by atoms with van der Waals surface area (Å²) in [5.41, 5.74) is 0. The van der Waals surface area contributed by atoms with Crippen LogP contribution in [0.3, 0.4) is 0 Å².